The van der Waals surface area contributed by atoms with Crippen LogP contribution in [0.25, 0.3) is 21.9 Å². The summed E-state index contributed by atoms with van der Waals surface area (Å²) in [4.78, 5) is 69.4. The number of fused-ring (bicyclic) bond motifs is 3. The monoisotopic (exact) mass is 647 g/mol. The lowest BCUT2D eigenvalue weighted by Gasteiger charge is -2.40. The number of aromatic nitrogens is 3. The van der Waals surface area contributed by atoms with E-state index in [-0.39, 0.29) is 24.1 Å². The Balaban J connectivity index is 1.16. The molecular formula is C36H37N7O5. The van der Waals surface area contributed by atoms with Gasteiger partial charge in [-0.3, -0.25) is 29.3 Å². The minimum Gasteiger partial charge on any atom is -0.444 e. The minimum absolute atomic E-state index is 0.0614. The van der Waals surface area contributed by atoms with E-state index >= 15 is 0 Å². The number of likely N-dealkylation sites (tertiary alicyclic amines) is 1. The van der Waals surface area contributed by atoms with E-state index in [0.717, 1.165) is 33.2 Å². The maximum absolute atomic E-state index is 14.6. The largest absolute Gasteiger partial charge is 0.444 e. The molecule has 4 aromatic rings. The zero-order valence-electron chi connectivity index (χ0n) is 27.2. The number of ether oxygens (including phenoxy) is 1. The summed E-state index contributed by atoms with van der Waals surface area (Å²) in [5, 5.41) is 4.67. The van der Waals surface area contributed by atoms with Crippen molar-refractivity contribution in [3.8, 4) is 11.1 Å². The van der Waals surface area contributed by atoms with E-state index in [2.05, 4.69) is 15.3 Å². The molecule has 1 saturated heterocycles. The van der Waals surface area contributed by atoms with Crippen molar-refractivity contribution in [2.75, 3.05) is 18.0 Å². The fourth-order valence-electron chi connectivity index (χ4n) is 7.02. The smallest absolute Gasteiger partial charge is 0.408 e. The van der Waals surface area contributed by atoms with Crippen LogP contribution in [0.1, 0.15) is 68.2 Å². The Morgan fingerprint density at radius 3 is 2.38 bits per heavy atom. The van der Waals surface area contributed by atoms with Gasteiger partial charge >= 0.3 is 6.09 Å². The van der Waals surface area contributed by atoms with Crippen LogP contribution in [0.3, 0.4) is 0 Å². The number of nitrogens with zero attached hydrogens (tertiary/aromatic N) is 5. The molecule has 0 radical (unpaired) electrons. The Morgan fingerprint density at radius 2 is 1.71 bits per heavy atom. The Labute approximate surface area is 277 Å². The van der Waals surface area contributed by atoms with Crippen LogP contribution < -0.4 is 16.0 Å². The molecule has 1 spiro atoms. The fraction of sp³-hybridized carbons (Fsp3) is 0.361. The summed E-state index contributed by atoms with van der Waals surface area (Å²) in [5.41, 5.74) is 6.96. The van der Waals surface area contributed by atoms with Gasteiger partial charge in [-0.05, 0) is 69.5 Å². The molecule has 3 N–H and O–H groups in total. The second kappa shape index (κ2) is 11.4. The van der Waals surface area contributed by atoms with Crippen LogP contribution in [0, 0.1) is 0 Å². The lowest BCUT2D eigenvalue weighted by Crippen LogP contribution is -2.56. The van der Waals surface area contributed by atoms with Gasteiger partial charge in [0.1, 0.15) is 16.8 Å². The number of hydrogen-bond acceptors (Lipinski definition) is 8. The van der Waals surface area contributed by atoms with Crippen molar-refractivity contribution in [3.05, 3.63) is 84.2 Å². The lowest BCUT2D eigenvalue weighted by molar-refractivity contribution is -0.138. The van der Waals surface area contributed by atoms with Crippen molar-refractivity contribution >= 4 is 40.3 Å². The van der Waals surface area contributed by atoms with Crippen LogP contribution in [0.15, 0.2) is 67.3 Å². The zero-order chi connectivity index (χ0) is 33.8. The second-order valence-corrected chi connectivity index (χ2v) is 13.8. The summed E-state index contributed by atoms with van der Waals surface area (Å²) < 4.78 is 5.41. The third-order valence-electron chi connectivity index (χ3n) is 9.56. The number of anilines is 1. The predicted molar refractivity (Wildman–Crippen MR) is 178 cm³/mol. The number of nitrogens with one attached hydrogen (secondary N) is 1. The maximum atomic E-state index is 14.6. The van der Waals surface area contributed by atoms with E-state index in [1.54, 1.807) is 67.5 Å². The van der Waals surface area contributed by atoms with Gasteiger partial charge in [0.25, 0.3) is 5.91 Å². The van der Waals surface area contributed by atoms with E-state index < -0.39 is 28.6 Å². The highest BCUT2D eigenvalue weighted by Crippen LogP contribution is 2.49. The summed E-state index contributed by atoms with van der Waals surface area (Å²) in [6.07, 6.45) is 8.18. The topological polar surface area (TPSA) is 161 Å². The molecule has 3 aromatic heterocycles. The molecule has 48 heavy (non-hydrogen) atoms. The molecule has 7 rings (SSSR count). The number of nitrogens with two attached hydrogens (primary N) is 1. The number of amides is 4. The van der Waals surface area contributed by atoms with Crippen molar-refractivity contribution in [2.24, 2.45) is 5.73 Å². The lowest BCUT2D eigenvalue weighted by atomic mass is 9.74. The van der Waals surface area contributed by atoms with Crippen LogP contribution in [-0.4, -0.2) is 67.9 Å². The number of benzene rings is 1. The highest BCUT2D eigenvalue weighted by Gasteiger charge is 2.57. The van der Waals surface area contributed by atoms with Gasteiger partial charge in [0.15, 0.2) is 0 Å². The molecule has 1 saturated carbocycles. The van der Waals surface area contributed by atoms with Gasteiger partial charge < -0.3 is 25.6 Å². The van der Waals surface area contributed by atoms with E-state index in [1.807, 2.05) is 30.3 Å². The van der Waals surface area contributed by atoms with Crippen molar-refractivity contribution in [1.29, 1.82) is 0 Å². The first-order valence-corrected chi connectivity index (χ1v) is 16.1. The van der Waals surface area contributed by atoms with E-state index in [4.69, 9.17) is 15.5 Å². The maximum Gasteiger partial charge on any atom is 0.408 e. The highest BCUT2D eigenvalue weighted by molar-refractivity contribution is 6.08. The van der Waals surface area contributed by atoms with Crippen LogP contribution in [-0.2, 0) is 26.3 Å². The quantitative estimate of drug-likeness (QED) is 0.314. The van der Waals surface area contributed by atoms with Crippen molar-refractivity contribution < 1.29 is 23.9 Å². The SMILES string of the molecule is CC(C)(C)OC(=O)NC1(C(=O)N2CCC3(CC2)C(=O)N(Cc2ncc4ccccc4c2-c2ccc(C(N)=O)nc2)c2cnccc23)CC1. The summed E-state index contributed by atoms with van der Waals surface area (Å²) in [6.45, 7) is 6.27. The number of pyridine rings is 3. The number of carbonyl (C=O) groups is 4. The normalized spacial score (nSPS) is 17.7. The first-order chi connectivity index (χ1) is 22.9. The molecule has 5 heterocycles. The zero-order valence-corrected chi connectivity index (χ0v) is 27.2. The van der Waals surface area contributed by atoms with Crippen LogP contribution in [0.4, 0.5) is 10.5 Å². The standard InChI is InChI=1S/C36H37N7O5/c1-34(2,3)48-33(47)41-36(11-12-36)32(46)42-16-13-35(14-17-42)25-10-15-38-20-28(25)43(31(35)45)21-27-29(23-8-9-26(30(37)44)39-19-23)24-7-5-4-6-22(24)18-40-27/h4-10,15,18-20H,11-14,16-17,21H2,1-3H3,(H2,37,44)(H,41,47). The van der Waals surface area contributed by atoms with Gasteiger partial charge in [0, 0.05) is 48.2 Å². The number of piperidine rings is 1. The Bertz CT molecular complexity index is 1960. The van der Waals surface area contributed by atoms with Crippen molar-refractivity contribution in [2.45, 2.75) is 69.6 Å². The van der Waals surface area contributed by atoms with Gasteiger partial charge in [0.05, 0.1) is 29.5 Å². The molecule has 0 atom stereocenters. The molecule has 1 aromatic carbocycles. The van der Waals surface area contributed by atoms with Gasteiger partial charge in [-0.15, -0.1) is 0 Å². The number of alkyl carbamates (subject to hydrolysis) is 1. The highest BCUT2D eigenvalue weighted by atomic mass is 16.6. The third kappa shape index (κ3) is 5.40. The molecule has 3 aliphatic rings. The fourth-order valence-corrected chi connectivity index (χ4v) is 7.02. The summed E-state index contributed by atoms with van der Waals surface area (Å²) in [6, 6.07) is 13.1. The number of rotatable bonds is 6. The predicted octanol–water partition coefficient (Wildman–Crippen LogP) is 4.26. The molecule has 12 heteroatoms. The van der Waals surface area contributed by atoms with Gasteiger partial charge in [0.2, 0.25) is 11.8 Å². The van der Waals surface area contributed by atoms with E-state index in [9.17, 15) is 19.2 Å². The molecule has 0 bridgehead atoms. The van der Waals surface area contributed by atoms with E-state index in [0.29, 0.717) is 44.5 Å². The average Bonchev–Trinajstić information content (AvgIpc) is 3.81. The molecule has 246 valence electrons. The molecule has 0 unspecified atom stereocenters. The molecule has 2 fully saturated rings. The van der Waals surface area contributed by atoms with Gasteiger partial charge in [-0.1, -0.05) is 30.3 Å². The average molecular weight is 648 g/mol. The number of primary amides is 1. The van der Waals surface area contributed by atoms with Crippen LogP contribution in [0.2, 0.25) is 0 Å². The van der Waals surface area contributed by atoms with Crippen molar-refractivity contribution in [1.82, 2.24) is 25.2 Å². The summed E-state index contributed by atoms with van der Waals surface area (Å²) in [7, 11) is 0. The molecule has 1 aliphatic carbocycles. The van der Waals surface area contributed by atoms with Crippen LogP contribution in [0.5, 0.6) is 0 Å². The minimum atomic E-state index is -0.955. The summed E-state index contributed by atoms with van der Waals surface area (Å²) in [5.74, 6) is -0.815. The van der Waals surface area contributed by atoms with Gasteiger partial charge in [-0.2, -0.15) is 0 Å². The Morgan fingerprint density at radius 1 is 0.958 bits per heavy atom. The molecular weight excluding hydrogens is 610 g/mol. The third-order valence-corrected chi connectivity index (χ3v) is 9.56. The molecule has 12 nitrogen and oxygen atoms in total. The summed E-state index contributed by atoms with van der Waals surface area (Å²) >= 11 is 0. The first kappa shape index (κ1) is 31.2. The van der Waals surface area contributed by atoms with Gasteiger partial charge in [-0.25, -0.2) is 4.79 Å². The Kier molecular flexibility index (Phi) is 7.41. The first-order valence-electron chi connectivity index (χ1n) is 16.1. The van der Waals surface area contributed by atoms with Crippen LogP contribution >= 0.6 is 0 Å². The van der Waals surface area contributed by atoms with E-state index in [1.165, 1.54) is 0 Å². The van der Waals surface area contributed by atoms with Crippen molar-refractivity contribution in [3.63, 3.8) is 0 Å². The molecule has 4 amide bonds. The second-order valence-electron chi connectivity index (χ2n) is 13.8. The number of carbonyl (C=O) groups excluding carboxylic acids is 4. The Hall–Kier alpha value is -5.39. The number of hydrogen-bond donors (Lipinski definition) is 2. The molecule has 2 aliphatic heterocycles.